The van der Waals surface area contributed by atoms with Crippen LogP contribution in [0.1, 0.15) is 36.1 Å². The molecule has 2 saturated heterocycles. The minimum absolute atomic E-state index is 0.0573. The molecule has 326 valence electrons. The summed E-state index contributed by atoms with van der Waals surface area (Å²) in [6, 6.07) is 36.5. The number of aliphatic hydroxyl groups is 1. The summed E-state index contributed by atoms with van der Waals surface area (Å²) in [5.74, 6) is -2.59. The van der Waals surface area contributed by atoms with Crippen LogP contribution in [0.15, 0.2) is 121 Å². The van der Waals surface area contributed by atoms with Gasteiger partial charge in [0.15, 0.2) is 24.8 Å². The summed E-state index contributed by atoms with van der Waals surface area (Å²) in [6.45, 7) is 2.90. The van der Waals surface area contributed by atoms with Crippen LogP contribution in [0.5, 0.6) is 0 Å². The fraction of sp³-hybridized carbons (Fsp3) is 0.413. The van der Waals surface area contributed by atoms with Crippen molar-refractivity contribution in [1.82, 2.24) is 5.32 Å². The van der Waals surface area contributed by atoms with Crippen LogP contribution in [0.4, 0.5) is 0 Å². The van der Waals surface area contributed by atoms with Crippen molar-refractivity contribution in [3.05, 3.63) is 144 Å². The number of carbonyl (C=O) groups excluding carboxylic acids is 3. The highest BCUT2D eigenvalue weighted by Crippen LogP contribution is 2.35. The largest absolute Gasteiger partial charge is 0.454 e. The van der Waals surface area contributed by atoms with Crippen LogP contribution >= 0.6 is 11.6 Å². The number of esters is 2. The zero-order valence-electron chi connectivity index (χ0n) is 34.0. The number of rotatable bonds is 20. The van der Waals surface area contributed by atoms with Gasteiger partial charge in [-0.3, -0.25) is 14.4 Å². The van der Waals surface area contributed by atoms with Crippen molar-refractivity contribution in [2.45, 2.75) is 102 Å². The summed E-state index contributed by atoms with van der Waals surface area (Å²) in [4.78, 5) is 38.7. The molecule has 0 bridgehead atoms. The van der Waals surface area contributed by atoms with E-state index in [0.29, 0.717) is 0 Å². The van der Waals surface area contributed by atoms with Crippen molar-refractivity contribution in [3.63, 3.8) is 0 Å². The number of carbonyl (C=O) groups is 3. The molecule has 2 aliphatic heterocycles. The first-order valence-corrected chi connectivity index (χ1v) is 20.6. The normalized spacial score (nSPS) is 26.2. The molecule has 61 heavy (non-hydrogen) atoms. The van der Waals surface area contributed by atoms with E-state index in [2.05, 4.69) is 5.32 Å². The summed E-state index contributed by atoms with van der Waals surface area (Å²) in [6.07, 6.45) is -11.3. The molecule has 4 aromatic rings. The van der Waals surface area contributed by atoms with E-state index < -0.39 is 85.1 Å². The van der Waals surface area contributed by atoms with Crippen LogP contribution in [0, 0.1) is 0 Å². The van der Waals surface area contributed by atoms with Gasteiger partial charge in [-0.2, -0.15) is 0 Å². The summed E-state index contributed by atoms with van der Waals surface area (Å²) < 4.78 is 56.7. The lowest BCUT2D eigenvalue weighted by molar-refractivity contribution is -0.351. The topological polar surface area (TPSA) is 167 Å². The second kappa shape index (κ2) is 23.5. The molecule has 0 aliphatic carbocycles. The maximum absolute atomic E-state index is 13.1. The molecule has 0 unspecified atom stereocenters. The number of nitrogens with one attached hydrogen (secondary N) is 1. The number of benzene rings is 4. The van der Waals surface area contributed by atoms with E-state index in [1.807, 2.05) is 121 Å². The Balaban J connectivity index is 1.36. The van der Waals surface area contributed by atoms with Crippen molar-refractivity contribution < 1.29 is 62.1 Å². The Labute approximate surface area is 360 Å². The van der Waals surface area contributed by atoms with E-state index in [1.54, 1.807) is 0 Å². The minimum Gasteiger partial charge on any atom is -0.454 e. The quantitative estimate of drug-likeness (QED) is 0.0901. The Morgan fingerprint density at radius 2 is 1.03 bits per heavy atom. The lowest BCUT2D eigenvalue weighted by Gasteiger charge is -2.49. The highest BCUT2D eigenvalue weighted by molar-refractivity contribution is 6.26. The molecule has 15 heteroatoms. The molecule has 10 atom stereocenters. The maximum atomic E-state index is 13.1. The molecule has 2 N–H and O–H groups in total. The Bertz CT molecular complexity index is 1930. The first-order chi connectivity index (χ1) is 29.7. The van der Waals surface area contributed by atoms with Gasteiger partial charge in [-0.05, 0) is 22.3 Å². The van der Waals surface area contributed by atoms with Gasteiger partial charge >= 0.3 is 11.9 Å². The molecular formula is C46H52ClNO13. The zero-order chi connectivity index (χ0) is 43.0. The Hall–Kier alpha value is -4.74. The van der Waals surface area contributed by atoms with Crippen molar-refractivity contribution in [1.29, 1.82) is 0 Å². The average Bonchev–Trinajstić information content (AvgIpc) is 3.26. The number of alkyl halides is 1. The van der Waals surface area contributed by atoms with Crippen molar-refractivity contribution in [3.8, 4) is 0 Å². The third-order valence-electron chi connectivity index (χ3n) is 9.95. The predicted octanol–water partition coefficient (Wildman–Crippen LogP) is 5.01. The molecule has 0 aromatic heterocycles. The molecule has 0 spiro atoms. The molecule has 0 radical (unpaired) electrons. The molecule has 2 heterocycles. The van der Waals surface area contributed by atoms with E-state index >= 15 is 0 Å². The van der Waals surface area contributed by atoms with Crippen LogP contribution in [0.2, 0.25) is 0 Å². The second-order valence-electron chi connectivity index (χ2n) is 14.6. The van der Waals surface area contributed by atoms with E-state index in [-0.39, 0.29) is 39.6 Å². The van der Waals surface area contributed by atoms with Gasteiger partial charge in [-0.25, -0.2) is 0 Å². The third kappa shape index (κ3) is 13.6. The standard InChI is InChI=1S/C46H52ClNO13/c1-30(49)48-39-42(40(55-26-34-19-11-5-12-20-34)36(58-45(39)52)28-53-24-32-15-7-3-8-16-32)61-46-44(57-31(2)50)43(60-38(51)23-47)41(56-27-35-21-13-6-14-22-35)37(59-46)29-54-25-33-17-9-4-10-18-33/h3-22,36-37,39-46,52H,23-29H2,1-2H3,(H,48,49)/t36-,37-,39-,40-,41+,42-,43+,44-,45+,46+/m1/s1. The van der Waals surface area contributed by atoms with Gasteiger partial charge in [0.2, 0.25) is 5.91 Å². The molecule has 2 aliphatic rings. The van der Waals surface area contributed by atoms with E-state index in [9.17, 15) is 19.5 Å². The molecule has 6 rings (SSSR count). The number of halogens is 1. The molecule has 2 fully saturated rings. The highest BCUT2D eigenvalue weighted by Gasteiger charge is 2.55. The number of hydrogen-bond acceptors (Lipinski definition) is 13. The summed E-state index contributed by atoms with van der Waals surface area (Å²) in [7, 11) is 0. The lowest BCUT2D eigenvalue weighted by Crippen LogP contribution is -2.69. The Kier molecular flexibility index (Phi) is 17.6. The van der Waals surface area contributed by atoms with Crippen molar-refractivity contribution in [2.75, 3.05) is 19.1 Å². The van der Waals surface area contributed by atoms with Gasteiger partial charge in [-0.15, -0.1) is 11.6 Å². The number of hydrogen-bond donors (Lipinski definition) is 2. The summed E-state index contributed by atoms with van der Waals surface area (Å²) >= 11 is 5.99. The fourth-order valence-electron chi connectivity index (χ4n) is 7.19. The monoisotopic (exact) mass is 861 g/mol. The lowest BCUT2D eigenvalue weighted by atomic mass is 9.94. The fourth-order valence-corrected chi connectivity index (χ4v) is 7.25. The van der Waals surface area contributed by atoms with E-state index in [0.717, 1.165) is 22.3 Å². The number of amides is 1. The zero-order valence-corrected chi connectivity index (χ0v) is 34.8. The number of ether oxygens (including phenoxy) is 9. The first-order valence-electron chi connectivity index (χ1n) is 20.1. The SMILES string of the molecule is CC(=O)N[C@@H]1[C@@H](O[C@@H]2O[C@H](COCc3ccccc3)[C@H](OCc3ccccc3)[C@H](OC(=O)CCl)[C@H]2OC(C)=O)[C@H](OCc2ccccc2)[C@@H](COCc2ccccc2)O[C@@H]1O. The smallest absolute Gasteiger partial charge is 0.321 e. The van der Waals surface area contributed by atoms with Crippen LogP contribution in [0.3, 0.4) is 0 Å². The van der Waals surface area contributed by atoms with Crippen LogP contribution in [0.25, 0.3) is 0 Å². The van der Waals surface area contributed by atoms with Crippen LogP contribution in [-0.4, -0.2) is 103 Å². The second-order valence-corrected chi connectivity index (χ2v) is 14.9. The van der Waals surface area contributed by atoms with Crippen molar-refractivity contribution in [2.24, 2.45) is 0 Å². The molecule has 14 nitrogen and oxygen atoms in total. The maximum Gasteiger partial charge on any atom is 0.321 e. The van der Waals surface area contributed by atoms with E-state index in [1.165, 1.54) is 13.8 Å². The average molecular weight is 862 g/mol. The summed E-state index contributed by atoms with van der Waals surface area (Å²) in [5.41, 5.74) is 3.43. The van der Waals surface area contributed by atoms with Crippen LogP contribution < -0.4 is 5.32 Å². The van der Waals surface area contributed by atoms with E-state index in [4.69, 9.17) is 54.2 Å². The van der Waals surface area contributed by atoms with Gasteiger partial charge in [0.05, 0.1) is 39.6 Å². The van der Waals surface area contributed by atoms with Gasteiger partial charge in [-0.1, -0.05) is 121 Å². The third-order valence-corrected chi connectivity index (χ3v) is 10.2. The molecule has 4 aromatic carbocycles. The molecular weight excluding hydrogens is 810 g/mol. The van der Waals surface area contributed by atoms with Gasteiger partial charge in [0.25, 0.3) is 0 Å². The van der Waals surface area contributed by atoms with Gasteiger partial charge in [0, 0.05) is 13.8 Å². The van der Waals surface area contributed by atoms with Crippen molar-refractivity contribution >= 4 is 29.4 Å². The minimum atomic E-state index is -1.62. The van der Waals surface area contributed by atoms with Gasteiger partial charge < -0.3 is 53.1 Å². The predicted molar refractivity (Wildman–Crippen MR) is 220 cm³/mol. The Morgan fingerprint density at radius 3 is 1.48 bits per heavy atom. The Morgan fingerprint density at radius 1 is 0.590 bits per heavy atom. The highest BCUT2D eigenvalue weighted by atomic mass is 35.5. The first kappa shape index (κ1) is 45.8. The van der Waals surface area contributed by atoms with Crippen LogP contribution in [-0.2, 0) is 83.4 Å². The summed E-state index contributed by atoms with van der Waals surface area (Å²) in [5, 5.41) is 14.3. The number of aliphatic hydroxyl groups excluding tert-OH is 1. The molecule has 0 saturated carbocycles. The van der Waals surface area contributed by atoms with Gasteiger partial charge in [0.1, 0.15) is 42.4 Å². The molecule has 1 amide bonds.